The summed E-state index contributed by atoms with van der Waals surface area (Å²) in [5.41, 5.74) is 0.891. The van der Waals surface area contributed by atoms with Crippen LogP contribution in [0.5, 0.6) is 0 Å². The van der Waals surface area contributed by atoms with Gasteiger partial charge in [0.2, 0.25) is 5.13 Å². The Bertz CT molecular complexity index is 1080. The summed E-state index contributed by atoms with van der Waals surface area (Å²) in [5.74, 6) is -0.320. The first-order valence-corrected chi connectivity index (χ1v) is 9.43. The number of amides is 1. The van der Waals surface area contributed by atoms with Gasteiger partial charge in [0, 0.05) is 33.1 Å². The fraction of sp³-hybridized carbons (Fsp3) is 0. The van der Waals surface area contributed by atoms with E-state index in [2.05, 4.69) is 20.5 Å². The molecule has 3 aromatic heterocycles. The van der Waals surface area contributed by atoms with Crippen LogP contribution in [-0.4, -0.2) is 21.1 Å². The Morgan fingerprint density at radius 3 is 2.64 bits per heavy atom. The Balaban J connectivity index is 1.60. The number of rotatable bonds is 3. The van der Waals surface area contributed by atoms with Crippen LogP contribution in [0.15, 0.2) is 42.7 Å². The summed E-state index contributed by atoms with van der Waals surface area (Å²) in [7, 11) is 0. The quantitative estimate of drug-likeness (QED) is 0.496. The van der Waals surface area contributed by atoms with E-state index in [0.29, 0.717) is 25.1 Å². The zero-order chi connectivity index (χ0) is 17.4. The van der Waals surface area contributed by atoms with Gasteiger partial charge in [0.15, 0.2) is 0 Å². The van der Waals surface area contributed by atoms with Gasteiger partial charge in [-0.2, -0.15) is 0 Å². The van der Waals surface area contributed by atoms with Gasteiger partial charge in [-0.05, 0) is 24.3 Å². The molecule has 0 aliphatic carbocycles. The molecule has 9 heteroatoms. The number of nitrogens with one attached hydrogen (secondary N) is 1. The van der Waals surface area contributed by atoms with Crippen LogP contribution in [0.25, 0.3) is 20.7 Å². The third-order valence-corrected chi connectivity index (χ3v) is 6.15. The summed E-state index contributed by atoms with van der Waals surface area (Å²) in [6, 6.07) is 9.00. The predicted molar refractivity (Wildman–Crippen MR) is 103 cm³/mol. The Morgan fingerprint density at radius 1 is 1.04 bits per heavy atom. The van der Waals surface area contributed by atoms with Crippen LogP contribution in [0, 0.1) is 0 Å². The number of aromatic nitrogens is 3. The van der Waals surface area contributed by atoms with Crippen molar-refractivity contribution in [2.24, 2.45) is 0 Å². The molecule has 0 radical (unpaired) electrons. The number of benzene rings is 1. The van der Waals surface area contributed by atoms with E-state index >= 15 is 0 Å². The zero-order valence-corrected chi connectivity index (χ0v) is 15.5. The van der Waals surface area contributed by atoms with Crippen molar-refractivity contribution in [3.8, 4) is 10.6 Å². The van der Waals surface area contributed by atoms with Crippen molar-refractivity contribution in [3.63, 3.8) is 0 Å². The lowest BCUT2D eigenvalue weighted by atomic mass is 10.2. The summed E-state index contributed by atoms with van der Waals surface area (Å²) in [6.45, 7) is 0. The van der Waals surface area contributed by atoms with E-state index in [1.54, 1.807) is 30.6 Å². The Morgan fingerprint density at radius 2 is 1.84 bits per heavy atom. The Hall–Kier alpha value is -2.06. The summed E-state index contributed by atoms with van der Waals surface area (Å²) in [6.07, 6.45) is 3.36. The molecule has 0 aliphatic heterocycles. The minimum absolute atomic E-state index is 0.320. The van der Waals surface area contributed by atoms with Crippen molar-refractivity contribution in [1.82, 2.24) is 15.2 Å². The monoisotopic (exact) mass is 406 g/mol. The van der Waals surface area contributed by atoms with Crippen molar-refractivity contribution < 1.29 is 4.79 Å². The highest BCUT2D eigenvalue weighted by atomic mass is 35.5. The van der Waals surface area contributed by atoms with Gasteiger partial charge in [0.25, 0.3) is 5.91 Å². The molecule has 3 heterocycles. The van der Waals surface area contributed by atoms with Crippen LogP contribution in [0.2, 0.25) is 10.0 Å². The van der Waals surface area contributed by atoms with Crippen molar-refractivity contribution in [2.45, 2.75) is 0 Å². The second kappa shape index (κ2) is 6.68. The van der Waals surface area contributed by atoms with Gasteiger partial charge in [-0.15, -0.1) is 21.5 Å². The number of anilines is 1. The number of thiophene rings is 1. The molecule has 0 atom stereocenters. The lowest BCUT2D eigenvalue weighted by molar-refractivity contribution is 0.103. The van der Waals surface area contributed by atoms with Crippen LogP contribution in [0.4, 0.5) is 5.13 Å². The topological polar surface area (TPSA) is 67.8 Å². The molecule has 0 aliphatic rings. The first-order valence-electron chi connectivity index (χ1n) is 7.04. The van der Waals surface area contributed by atoms with Gasteiger partial charge >= 0.3 is 0 Å². The number of fused-ring (bicyclic) bond motifs is 1. The van der Waals surface area contributed by atoms with E-state index in [4.69, 9.17) is 23.2 Å². The minimum Gasteiger partial charge on any atom is -0.296 e. The van der Waals surface area contributed by atoms with Crippen LogP contribution in [-0.2, 0) is 0 Å². The summed E-state index contributed by atoms with van der Waals surface area (Å²) in [4.78, 5) is 16.9. The van der Waals surface area contributed by atoms with E-state index in [1.165, 1.54) is 22.7 Å². The molecule has 124 valence electrons. The van der Waals surface area contributed by atoms with E-state index in [-0.39, 0.29) is 5.91 Å². The highest BCUT2D eigenvalue weighted by molar-refractivity contribution is 7.22. The second-order valence-electron chi connectivity index (χ2n) is 4.99. The van der Waals surface area contributed by atoms with Gasteiger partial charge in [0.1, 0.15) is 9.88 Å². The molecule has 0 bridgehead atoms. The maximum Gasteiger partial charge on any atom is 0.269 e. The molecule has 0 saturated carbocycles. The van der Waals surface area contributed by atoms with Crippen molar-refractivity contribution in [3.05, 3.63) is 57.6 Å². The maximum absolute atomic E-state index is 12.5. The molecule has 5 nitrogen and oxygen atoms in total. The van der Waals surface area contributed by atoms with Crippen LogP contribution >= 0.6 is 45.9 Å². The molecule has 0 saturated heterocycles. The van der Waals surface area contributed by atoms with Gasteiger partial charge < -0.3 is 0 Å². The number of halogens is 2. The third kappa shape index (κ3) is 3.23. The minimum atomic E-state index is -0.320. The van der Waals surface area contributed by atoms with E-state index in [0.717, 1.165) is 15.6 Å². The number of pyridine rings is 1. The van der Waals surface area contributed by atoms with Crippen molar-refractivity contribution in [1.29, 1.82) is 0 Å². The molecule has 0 fully saturated rings. The van der Waals surface area contributed by atoms with Gasteiger partial charge in [-0.3, -0.25) is 15.1 Å². The molecule has 4 aromatic rings. The van der Waals surface area contributed by atoms with Crippen LogP contribution < -0.4 is 5.32 Å². The number of nitrogens with zero attached hydrogens (tertiary/aromatic N) is 3. The van der Waals surface area contributed by atoms with Crippen LogP contribution in [0.3, 0.4) is 0 Å². The Labute approximate surface area is 160 Å². The number of hydrogen-bond acceptors (Lipinski definition) is 6. The summed E-state index contributed by atoms with van der Waals surface area (Å²) < 4.78 is 0.859. The van der Waals surface area contributed by atoms with E-state index in [1.807, 2.05) is 12.1 Å². The molecule has 1 aromatic carbocycles. The molecule has 4 rings (SSSR count). The second-order valence-corrected chi connectivity index (χ2v) is 7.83. The average molecular weight is 407 g/mol. The number of hydrogen-bond donors (Lipinski definition) is 1. The molecule has 0 spiro atoms. The van der Waals surface area contributed by atoms with Crippen molar-refractivity contribution >= 4 is 67.0 Å². The Kier molecular flexibility index (Phi) is 4.39. The van der Waals surface area contributed by atoms with E-state index in [9.17, 15) is 4.79 Å². The van der Waals surface area contributed by atoms with Gasteiger partial charge in [0.05, 0.1) is 5.02 Å². The van der Waals surface area contributed by atoms with Crippen molar-refractivity contribution in [2.75, 3.05) is 5.32 Å². The fourth-order valence-electron chi connectivity index (χ4n) is 2.22. The molecule has 0 unspecified atom stereocenters. The zero-order valence-electron chi connectivity index (χ0n) is 12.4. The third-order valence-electron chi connectivity index (χ3n) is 3.37. The predicted octanol–water partition coefficient (Wildman–Crippen LogP) is 5.37. The molecular formula is C16H8Cl2N4OS2. The standard InChI is InChI=1S/C16H8Cl2N4OS2/c17-9-1-2-10-11(7-9)24-13(12(10)18)14(23)20-16-22-21-15(25-16)8-3-5-19-6-4-8/h1-7H,(H,20,22,23). The lowest BCUT2D eigenvalue weighted by Gasteiger charge is -1.98. The number of carbonyl (C=O) groups is 1. The van der Waals surface area contributed by atoms with E-state index < -0.39 is 0 Å². The highest BCUT2D eigenvalue weighted by Gasteiger charge is 2.19. The normalized spacial score (nSPS) is 11.0. The smallest absolute Gasteiger partial charge is 0.269 e. The van der Waals surface area contributed by atoms with Crippen LogP contribution in [0.1, 0.15) is 9.67 Å². The van der Waals surface area contributed by atoms with Gasteiger partial charge in [-0.25, -0.2) is 0 Å². The highest BCUT2D eigenvalue weighted by Crippen LogP contribution is 2.37. The average Bonchev–Trinajstić information content (AvgIpc) is 3.20. The fourth-order valence-corrected chi connectivity index (χ4v) is 4.66. The lowest BCUT2D eigenvalue weighted by Crippen LogP contribution is -2.10. The first kappa shape index (κ1) is 16.4. The largest absolute Gasteiger partial charge is 0.296 e. The summed E-state index contributed by atoms with van der Waals surface area (Å²) >= 11 is 14.9. The van der Waals surface area contributed by atoms with Gasteiger partial charge in [-0.1, -0.05) is 40.6 Å². The first-order chi connectivity index (χ1) is 12.1. The SMILES string of the molecule is O=C(Nc1nnc(-c2ccncc2)s1)c1sc2cc(Cl)ccc2c1Cl. The molecule has 25 heavy (non-hydrogen) atoms. The summed E-state index contributed by atoms with van der Waals surface area (Å²) in [5, 5.41) is 13.8. The maximum atomic E-state index is 12.5. The molecule has 1 N–H and O–H groups in total. The molecular weight excluding hydrogens is 399 g/mol. The number of carbonyl (C=O) groups excluding carboxylic acids is 1. The molecule has 1 amide bonds.